The van der Waals surface area contributed by atoms with Crippen molar-refractivity contribution in [1.29, 1.82) is 5.41 Å². The van der Waals surface area contributed by atoms with Gasteiger partial charge in [-0.05, 0) is 31.5 Å². The molecular formula is C31H33N7O8. The Morgan fingerprint density at radius 2 is 1.78 bits per heavy atom. The maximum atomic E-state index is 13.9. The van der Waals surface area contributed by atoms with Gasteiger partial charge in [0.15, 0.2) is 0 Å². The Morgan fingerprint density at radius 1 is 1.11 bits per heavy atom. The largest absolute Gasteiger partial charge is 0.465 e. The molecule has 1 aromatic heterocycles. The number of nitro benzene ring substituents is 1. The zero-order valence-corrected chi connectivity index (χ0v) is 25.3. The summed E-state index contributed by atoms with van der Waals surface area (Å²) in [7, 11) is 0. The highest BCUT2D eigenvalue weighted by atomic mass is 16.6. The van der Waals surface area contributed by atoms with E-state index in [2.05, 4.69) is 22.3 Å². The summed E-state index contributed by atoms with van der Waals surface area (Å²) in [6, 6.07) is 10.5. The number of rotatable bonds is 11. The van der Waals surface area contributed by atoms with Gasteiger partial charge < -0.3 is 19.7 Å². The van der Waals surface area contributed by atoms with Crippen molar-refractivity contribution in [2.45, 2.75) is 45.8 Å². The summed E-state index contributed by atoms with van der Waals surface area (Å²) < 4.78 is 11.3. The maximum Gasteiger partial charge on any atom is 0.417 e. The molecule has 0 saturated carbocycles. The Kier molecular flexibility index (Phi) is 10.6. The van der Waals surface area contributed by atoms with Crippen LogP contribution in [0.25, 0.3) is 0 Å². The highest BCUT2D eigenvalue weighted by Gasteiger charge is 2.30. The van der Waals surface area contributed by atoms with E-state index in [9.17, 15) is 29.3 Å². The summed E-state index contributed by atoms with van der Waals surface area (Å²) in [4.78, 5) is 63.1. The van der Waals surface area contributed by atoms with Crippen LogP contribution in [0.15, 0.2) is 67.1 Å². The first-order chi connectivity index (χ1) is 21.9. The van der Waals surface area contributed by atoms with Crippen LogP contribution in [-0.4, -0.2) is 68.5 Å². The number of carbonyl (C=O) groups excluding carboxylic acids is 4. The standard InChI is InChI=1S/C31H33N7O8/c1-4-45-27(39)18-37-17-23-16-36(14-13-25(23)35-37)30(41)26(15-20-5-11-24(12-6-20)38(43)44)33-29(40)22-9-7-21(8-10-22)28(32)34-31(42)46-19(2)3/h5-12,17,26H,2,4,13-16,18H2,1,3H3,(H,33,40)(H2,32,34,42)/t26-/m0/s1. The molecule has 1 aliphatic rings. The highest BCUT2D eigenvalue weighted by Crippen LogP contribution is 2.20. The second-order valence-electron chi connectivity index (χ2n) is 10.4. The van der Waals surface area contributed by atoms with Crippen LogP contribution in [0, 0.1) is 15.5 Å². The van der Waals surface area contributed by atoms with Crippen molar-refractivity contribution < 1.29 is 33.6 Å². The van der Waals surface area contributed by atoms with Gasteiger partial charge in [-0.1, -0.05) is 30.8 Å². The minimum atomic E-state index is -1.03. The van der Waals surface area contributed by atoms with E-state index in [1.54, 1.807) is 18.0 Å². The van der Waals surface area contributed by atoms with E-state index in [4.69, 9.17) is 14.9 Å². The first kappa shape index (κ1) is 33.0. The minimum Gasteiger partial charge on any atom is -0.465 e. The first-order valence-electron chi connectivity index (χ1n) is 14.3. The van der Waals surface area contributed by atoms with E-state index in [1.807, 2.05) is 0 Å². The third-order valence-corrected chi connectivity index (χ3v) is 6.93. The molecule has 0 spiro atoms. The third kappa shape index (κ3) is 8.62. The van der Waals surface area contributed by atoms with Crippen molar-refractivity contribution in [2.24, 2.45) is 0 Å². The van der Waals surface area contributed by atoms with Gasteiger partial charge in [0.2, 0.25) is 5.91 Å². The van der Waals surface area contributed by atoms with Gasteiger partial charge in [0.1, 0.15) is 18.4 Å². The number of benzene rings is 2. The van der Waals surface area contributed by atoms with Crippen LogP contribution in [0.2, 0.25) is 0 Å². The fourth-order valence-electron chi connectivity index (χ4n) is 4.78. The number of hydrogen-bond donors (Lipinski definition) is 3. The fourth-order valence-corrected chi connectivity index (χ4v) is 4.78. The summed E-state index contributed by atoms with van der Waals surface area (Å²) in [6.07, 6.45) is 1.33. The Bertz CT molecular complexity index is 1660. The van der Waals surface area contributed by atoms with E-state index in [0.29, 0.717) is 24.1 Å². The molecule has 0 saturated heterocycles. The van der Waals surface area contributed by atoms with Crippen molar-refractivity contribution >= 4 is 35.4 Å². The number of alkyl carbamates (subject to hydrolysis) is 1. The van der Waals surface area contributed by atoms with Gasteiger partial charge >= 0.3 is 12.1 Å². The van der Waals surface area contributed by atoms with Crippen LogP contribution in [0.4, 0.5) is 10.5 Å². The second kappa shape index (κ2) is 14.7. The van der Waals surface area contributed by atoms with Gasteiger partial charge in [-0.3, -0.25) is 39.9 Å². The number of nitrogens with one attached hydrogen (secondary N) is 3. The van der Waals surface area contributed by atoms with E-state index in [-0.39, 0.29) is 54.9 Å². The van der Waals surface area contributed by atoms with Crippen LogP contribution in [-0.2, 0) is 45.0 Å². The van der Waals surface area contributed by atoms with Gasteiger partial charge in [-0.15, -0.1) is 0 Å². The molecule has 3 amide bonds. The molecule has 1 aliphatic heterocycles. The molecular weight excluding hydrogens is 598 g/mol. The summed E-state index contributed by atoms with van der Waals surface area (Å²) in [5.41, 5.74) is 2.53. The molecule has 46 heavy (non-hydrogen) atoms. The Balaban J connectivity index is 1.50. The maximum absolute atomic E-state index is 13.9. The molecule has 3 aromatic rings. The smallest absolute Gasteiger partial charge is 0.417 e. The molecule has 15 nitrogen and oxygen atoms in total. The number of fused-ring (bicyclic) bond motifs is 1. The van der Waals surface area contributed by atoms with E-state index in [1.165, 1.54) is 60.1 Å². The lowest BCUT2D eigenvalue weighted by atomic mass is 10.0. The van der Waals surface area contributed by atoms with Crippen molar-refractivity contribution in [1.82, 2.24) is 25.3 Å². The van der Waals surface area contributed by atoms with Gasteiger partial charge in [0.05, 0.1) is 23.0 Å². The zero-order chi connectivity index (χ0) is 33.4. The molecule has 240 valence electrons. The summed E-state index contributed by atoms with van der Waals surface area (Å²) in [6.45, 7) is 7.40. The number of hydrogen-bond acceptors (Lipinski definition) is 10. The zero-order valence-electron chi connectivity index (χ0n) is 25.3. The average Bonchev–Trinajstić information content (AvgIpc) is 3.41. The molecule has 2 aromatic carbocycles. The Hall–Kier alpha value is -5.86. The Morgan fingerprint density at radius 3 is 2.41 bits per heavy atom. The lowest BCUT2D eigenvalue weighted by Gasteiger charge is -2.30. The molecule has 4 rings (SSSR count). The number of nitro groups is 1. The third-order valence-electron chi connectivity index (χ3n) is 6.93. The number of esters is 1. The number of aromatic nitrogens is 2. The molecule has 0 bridgehead atoms. The number of carbonyl (C=O) groups is 4. The predicted octanol–water partition coefficient (Wildman–Crippen LogP) is 2.87. The summed E-state index contributed by atoms with van der Waals surface area (Å²) >= 11 is 0. The van der Waals surface area contributed by atoms with Crippen molar-refractivity contribution in [3.63, 3.8) is 0 Å². The van der Waals surface area contributed by atoms with Gasteiger partial charge in [-0.2, -0.15) is 5.10 Å². The monoisotopic (exact) mass is 631 g/mol. The minimum absolute atomic E-state index is 0.0550. The van der Waals surface area contributed by atoms with Crippen molar-refractivity contribution in [3.05, 3.63) is 105 Å². The molecule has 3 N–H and O–H groups in total. The van der Waals surface area contributed by atoms with Crippen molar-refractivity contribution in [3.8, 4) is 0 Å². The quantitative estimate of drug-likeness (QED) is 0.0711. The van der Waals surface area contributed by atoms with Crippen molar-refractivity contribution in [2.75, 3.05) is 13.2 Å². The van der Waals surface area contributed by atoms with Gasteiger partial charge in [0.25, 0.3) is 11.6 Å². The predicted molar refractivity (Wildman–Crippen MR) is 164 cm³/mol. The number of ether oxygens (including phenoxy) is 2. The van der Waals surface area contributed by atoms with E-state index >= 15 is 0 Å². The van der Waals surface area contributed by atoms with E-state index < -0.39 is 28.9 Å². The lowest BCUT2D eigenvalue weighted by molar-refractivity contribution is -0.384. The molecule has 0 unspecified atom stereocenters. The SMILES string of the molecule is C=C(C)OC(=O)NC(=N)c1ccc(C(=O)N[C@@H](Cc2ccc([N+](=O)[O-])cc2)C(=O)N2CCc3nn(CC(=O)OCC)cc3C2)cc1. The molecule has 1 atom stereocenters. The number of amidine groups is 1. The lowest BCUT2D eigenvalue weighted by Crippen LogP contribution is -2.50. The summed E-state index contributed by atoms with van der Waals surface area (Å²) in [5.74, 6) is -1.45. The number of amides is 3. The molecule has 0 aliphatic carbocycles. The Labute approximate surface area is 263 Å². The average molecular weight is 632 g/mol. The van der Waals surface area contributed by atoms with Gasteiger partial charge in [-0.25, -0.2) is 4.79 Å². The molecule has 2 heterocycles. The second-order valence-corrected chi connectivity index (χ2v) is 10.4. The number of allylic oxidation sites excluding steroid dienone is 1. The summed E-state index contributed by atoms with van der Waals surface area (Å²) in [5, 5.41) is 28.7. The molecule has 0 radical (unpaired) electrons. The van der Waals surface area contributed by atoms with Gasteiger partial charge in [0, 0.05) is 61.0 Å². The normalized spacial score (nSPS) is 12.7. The fraction of sp³-hybridized carbons (Fsp3) is 0.290. The van der Waals surface area contributed by atoms with Crippen LogP contribution in [0.5, 0.6) is 0 Å². The number of non-ortho nitro benzene ring substituents is 1. The highest BCUT2D eigenvalue weighted by molar-refractivity contribution is 6.05. The topological polar surface area (TPSA) is 199 Å². The first-order valence-corrected chi connectivity index (χ1v) is 14.3. The molecule has 15 heteroatoms. The van der Waals surface area contributed by atoms with Crippen LogP contribution >= 0.6 is 0 Å². The molecule has 0 fully saturated rings. The number of nitrogens with zero attached hydrogens (tertiary/aromatic N) is 4. The van der Waals surface area contributed by atoms with Crippen LogP contribution in [0.3, 0.4) is 0 Å². The van der Waals surface area contributed by atoms with Crippen LogP contribution in [0.1, 0.15) is 46.6 Å². The van der Waals surface area contributed by atoms with E-state index in [0.717, 1.165) is 11.3 Å². The van der Waals surface area contributed by atoms with Crippen LogP contribution < -0.4 is 10.6 Å².